The first-order valence-corrected chi connectivity index (χ1v) is 4.92. The quantitative estimate of drug-likeness (QED) is 0.627. The molecule has 1 heterocycles. The highest BCUT2D eigenvalue weighted by molar-refractivity contribution is 5.79. The summed E-state index contributed by atoms with van der Waals surface area (Å²) in [5.74, 6) is 0.0183. The number of carbonyl (C=O) groups excluding carboxylic acids is 1. The highest BCUT2D eigenvalue weighted by Gasteiger charge is 2.28. The lowest BCUT2D eigenvalue weighted by atomic mass is 10.1. The number of hydrogen-bond acceptors (Lipinski definition) is 3. The molecule has 1 rings (SSSR count). The Labute approximate surface area is 84.4 Å². The number of nitriles is 1. The average molecular weight is 196 g/mol. The van der Waals surface area contributed by atoms with Crippen molar-refractivity contribution in [2.75, 3.05) is 19.8 Å². The second-order valence-electron chi connectivity index (χ2n) is 3.78. The van der Waals surface area contributed by atoms with Gasteiger partial charge in [-0.1, -0.05) is 0 Å². The van der Waals surface area contributed by atoms with E-state index < -0.39 is 0 Å². The maximum absolute atomic E-state index is 11.9. The molecule has 1 aliphatic heterocycles. The van der Waals surface area contributed by atoms with E-state index in [4.69, 9.17) is 10.00 Å². The Hall–Kier alpha value is -1.08. The third kappa shape index (κ3) is 2.46. The van der Waals surface area contributed by atoms with Crippen LogP contribution in [0.2, 0.25) is 0 Å². The molecule has 0 N–H and O–H groups in total. The maximum atomic E-state index is 11.9. The minimum absolute atomic E-state index is 0.0363. The van der Waals surface area contributed by atoms with Gasteiger partial charge in [-0.2, -0.15) is 5.26 Å². The fourth-order valence-electron chi connectivity index (χ4n) is 1.55. The third-order valence-corrected chi connectivity index (χ3v) is 2.43. The summed E-state index contributed by atoms with van der Waals surface area (Å²) in [4.78, 5) is 13.5. The van der Waals surface area contributed by atoms with E-state index in [-0.39, 0.29) is 24.4 Å². The molecule has 1 amide bonds. The van der Waals surface area contributed by atoms with Crippen LogP contribution in [0, 0.1) is 17.2 Å². The molecule has 1 saturated heterocycles. The lowest BCUT2D eigenvalue weighted by Gasteiger charge is -2.26. The van der Waals surface area contributed by atoms with Crippen LogP contribution in [-0.4, -0.2) is 36.6 Å². The van der Waals surface area contributed by atoms with Gasteiger partial charge in [0.05, 0.1) is 18.6 Å². The number of ether oxygens (including phenoxy) is 1. The molecule has 1 fully saturated rings. The predicted octanol–water partition coefficient (Wildman–Crippen LogP) is 0.783. The molecule has 1 aliphatic rings. The third-order valence-electron chi connectivity index (χ3n) is 2.43. The standard InChI is InChI=1S/C10H16N2O2/c1-8(2)12(5-4-11)10(13)9-3-6-14-7-9/h8-9H,3,5-7H2,1-2H3. The monoisotopic (exact) mass is 196 g/mol. The molecule has 4 heteroatoms. The zero-order valence-electron chi connectivity index (χ0n) is 8.69. The van der Waals surface area contributed by atoms with Crippen LogP contribution in [-0.2, 0) is 9.53 Å². The Morgan fingerprint density at radius 1 is 1.71 bits per heavy atom. The first-order valence-electron chi connectivity index (χ1n) is 4.92. The number of nitrogens with zero attached hydrogens (tertiary/aromatic N) is 2. The molecule has 0 aromatic rings. The summed E-state index contributed by atoms with van der Waals surface area (Å²) < 4.78 is 5.16. The second-order valence-corrected chi connectivity index (χ2v) is 3.78. The van der Waals surface area contributed by atoms with E-state index in [0.29, 0.717) is 13.2 Å². The zero-order valence-corrected chi connectivity index (χ0v) is 8.69. The Balaban J connectivity index is 2.58. The summed E-state index contributed by atoms with van der Waals surface area (Å²) in [5.41, 5.74) is 0. The fraction of sp³-hybridized carbons (Fsp3) is 0.800. The SMILES string of the molecule is CC(C)N(CC#N)C(=O)C1CCOC1. The van der Waals surface area contributed by atoms with E-state index in [9.17, 15) is 4.79 Å². The maximum Gasteiger partial charge on any atom is 0.229 e. The molecule has 14 heavy (non-hydrogen) atoms. The average Bonchev–Trinajstić information content (AvgIpc) is 2.65. The van der Waals surface area contributed by atoms with Crippen molar-refractivity contribution in [2.24, 2.45) is 5.92 Å². The highest BCUT2D eigenvalue weighted by Crippen LogP contribution is 2.16. The van der Waals surface area contributed by atoms with Crippen LogP contribution in [0.5, 0.6) is 0 Å². The van der Waals surface area contributed by atoms with Crippen molar-refractivity contribution in [1.29, 1.82) is 5.26 Å². The molecule has 0 aliphatic carbocycles. The summed E-state index contributed by atoms with van der Waals surface area (Å²) in [5, 5.41) is 8.60. The van der Waals surface area contributed by atoms with Crippen molar-refractivity contribution in [3.63, 3.8) is 0 Å². The van der Waals surface area contributed by atoms with Crippen LogP contribution in [0.15, 0.2) is 0 Å². The van der Waals surface area contributed by atoms with Gasteiger partial charge in [0.2, 0.25) is 5.91 Å². The number of hydrogen-bond donors (Lipinski definition) is 0. The minimum atomic E-state index is -0.0363. The van der Waals surface area contributed by atoms with Gasteiger partial charge in [-0.15, -0.1) is 0 Å². The van der Waals surface area contributed by atoms with Gasteiger partial charge in [0, 0.05) is 12.6 Å². The van der Waals surface area contributed by atoms with Crippen LogP contribution < -0.4 is 0 Å². The minimum Gasteiger partial charge on any atom is -0.381 e. The van der Waals surface area contributed by atoms with Crippen molar-refractivity contribution < 1.29 is 9.53 Å². The molecule has 78 valence electrons. The van der Waals surface area contributed by atoms with E-state index in [1.165, 1.54) is 0 Å². The molecule has 0 aromatic carbocycles. The molecule has 0 radical (unpaired) electrons. The van der Waals surface area contributed by atoms with Crippen LogP contribution in [0.1, 0.15) is 20.3 Å². The van der Waals surface area contributed by atoms with Crippen LogP contribution >= 0.6 is 0 Å². The van der Waals surface area contributed by atoms with Gasteiger partial charge < -0.3 is 9.64 Å². The largest absolute Gasteiger partial charge is 0.381 e. The van der Waals surface area contributed by atoms with Crippen molar-refractivity contribution in [3.05, 3.63) is 0 Å². The molecule has 1 unspecified atom stereocenters. The number of amides is 1. The molecule has 0 spiro atoms. The first-order chi connectivity index (χ1) is 6.66. The van der Waals surface area contributed by atoms with E-state index >= 15 is 0 Å². The lowest BCUT2D eigenvalue weighted by molar-refractivity contribution is -0.136. The van der Waals surface area contributed by atoms with E-state index in [2.05, 4.69) is 0 Å². The van der Waals surface area contributed by atoms with Gasteiger partial charge in [-0.25, -0.2) is 0 Å². The molecular formula is C10H16N2O2. The smallest absolute Gasteiger partial charge is 0.229 e. The Bertz CT molecular complexity index is 239. The highest BCUT2D eigenvalue weighted by atomic mass is 16.5. The van der Waals surface area contributed by atoms with E-state index in [0.717, 1.165) is 6.42 Å². The molecule has 0 saturated carbocycles. The fourth-order valence-corrected chi connectivity index (χ4v) is 1.55. The Morgan fingerprint density at radius 2 is 2.43 bits per heavy atom. The summed E-state index contributed by atoms with van der Waals surface area (Å²) >= 11 is 0. The van der Waals surface area contributed by atoms with Crippen LogP contribution in [0.4, 0.5) is 0 Å². The van der Waals surface area contributed by atoms with Crippen LogP contribution in [0.3, 0.4) is 0 Å². The van der Waals surface area contributed by atoms with Crippen molar-refractivity contribution in [2.45, 2.75) is 26.3 Å². The van der Waals surface area contributed by atoms with Gasteiger partial charge in [0.15, 0.2) is 0 Å². The van der Waals surface area contributed by atoms with E-state index in [1.54, 1.807) is 4.90 Å². The van der Waals surface area contributed by atoms with Crippen molar-refractivity contribution in [1.82, 2.24) is 4.90 Å². The summed E-state index contributed by atoms with van der Waals surface area (Å²) in [6, 6.07) is 2.10. The molecule has 0 bridgehead atoms. The topological polar surface area (TPSA) is 53.3 Å². The molecular weight excluding hydrogens is 180 g/mol. The van der Waals surface area contributed by atoms with Crippen molar-refractivity contribution >= 4 is 5.91 Å². The summed E-state index contributed by atoms with van der Waals surface area (Å²) in [6.45, 7) is 5.19. The zero-order chi connectivity index (χ0) is 10.6. The summed E-state index contributed by atoms with van der Waals surface area (Å²) in [7, 11) is 0. The lowest BCUT2D eigenvalue weighted by Crippen LogP contribution is -2.41. The number of rotatable bonds is 3. The van der Waals surface area contributed by atoms with Crippen LogP contribution in [0.25, 0.3) is 0 Å². The van der Waals surface area contributed by atoms with Gasteiger partial charge >= 0.3 is 0 Å². The number of carbonyl (C=O) groups is 1. The normalized spacial score (nSPS) is 20.9. The first kappa shape index (κ1) is 11.0. The van der Waals surface area contributed by atoms with Gasteiger partial charge in [-0.05, 0) is 20.3 Å². The Kier molecular flexibility index (Phi) is 3.90. The summed E-state index contributed by atoms with van der Waals surface area (Å²) in [6.07, 6.45) is 0.785. The van der Waals surface area contributed by atoms with E-state index in [1.807, 2.05) is 19.9 Å². The van der Waals surface area contributed by atoms with Crippen molar-refractivity contribution in [3.8, 4) is 6.07 Å². The molecule has 4 nitrogen and oxygen atoms in total. The second kappa shape index (κ2) is 4.97. The van der Waals surface area contributed by atoms with Gasteiger partial charge in [-0.3, -0.25) is 4.79 Å². The molecule has 1 atom stereocenters. The molecule has 0 aromatic heterocycles. The predicted molar refractivity (Wildman–Crippen MR) is 51.4 cm³/mol. The van der Waals surface area contributed by atoms with Gasteiger partial charge in [0.1, 0.15) is 6.54 Å². The van der Waals surface area contributed by atoms with Gasteiger partial charge in [0.25, 0.3) is 0 Å². The Morgan fingerprint density at radius 3 is 2.86 bits per heavy atom.